The Balaban J connectivity index is 3.76. The van der Waals surface area contributed by atoms with E-state index >= 15 is 0 Å². The number of hydrogen-bond acceptors (Lipinski definition) is 1. The van der Waals surface area contributed by atoms with Gasteiger partial charge in [-0.3, -0.25) is 0 Å². The molecule has 54 valence electrons. The molecule has 1 atom stereocenters. The number of methoxy groups -OCH3 is 1. The van der Waals surface area contributed by atoms with E-state index in [4.69, 9.17) is 16.3 Å². The molecule has 0 amide bonds. The van der Waals surface area contributed by atoms with Crippen molar-refractivity contribution >= 4 is 11.6 Å². The number of rotatable bonds is 4. The Kier molecular flexibility index (Phi) is 3.91. The van der Waals surface area contributed by atoms with Gasteiger partial charge in [0.15, 0.2) is 0 Å². The molecule has 0 radical (unpaired) electrons. The van der Waals surface area contributed by atoms with Gasteiger partial charge in [-0.05, 0) is 0 Å². The zero-order valence-electron chi connectivity index (χ0n) is 5.98. The largest absolute Gasteiger partial charge is 0.384 e. The highest BCUT2D eigenvalue weighted by molar-refractivity contribution is 6.18. The summed E-state index contributed by atoms with van der Waals surface area (Å²) in [5, 5.41) is 0. The molecule has 1 unspecified atom stereocenters. The van der Waals surface area contributed by atoms with Crippen LogP contribution in [0.15, 0.2) is 12.7 Å². The molecule has 0 N–H and O–H groups in total. The molecule has 0 spiro atoms. The maximum Gasteiger partial charge on any atom is 0.0561 e. The van der Waals surface area contributed by atoms with Gasteiger partial charge in [-0.15, -0.1) is 18.2 Å². The Morgan fingerprint density at radius 1 is 1.78 bits per heavy atom. The standard InChI is InChI=1S/C7H13ClO/c1-4-7(2,5-8)6-9-3/h4H,1,5-6H2,2-3H3. The van der Waals surface area contributed by atoms with Crippen LogP contribution in [0.2, 0.25) is 0 Å². The molecule has 0 bridgehead atoms. The lowest BCUT2D eigenvalue weighted by Crippen LogP contribution is -2.21. The monoisotopic (exact) mass is 148 g/mol. The van der Waals surface area contributed by atoms with Gasteiger partial charge in [0.2, 0.25) is 0 Å². The molecule has 0 aliphatic carbocycles. The highest BCUT2D eigenvalue weighted by Crippen LogP contribution is 2.18. The van der Waals surface area contributed by atoms with Gasteiger partial charge in [-0.25, -0.2) is 0 Å². The number of alkyl halides is 1. The summed E-state index contributed by atoms with van der Waals surface area (Å²) in [4.78, 5) is 0. The molecule has 0 saturated heterocycles. The van der Waals surface area contributed by atoms with E-state index in [1.807, 2.05) is 13.0 Å². The van der Waals surface area contributed by atoms with Crippen LogP contribution < -0.4 is 0 Å². The van der Waals surface area contributed by atoms with E-state index in [2.05, 4.69) is 6.58 Å². The fraction of sp³-hybridized carbons (Fsp3) is 0.714. The molecule has 0 saturated carbocycles. The van der Waals surface area contributed by atoms with Gasteiger partial charge < -0.3 is 4.74 Å². The van der Waals surface area contributed by atoms with E-state index in [9.17, 15) is 0 Å². The second kappa shape index (κ2) is 3.91. The van der Waals surface area contributed by atoms with Crippen LogP contribution in [-0.2, 0) is 4.74 Å². The first-order chi connectivity index (χ1) is 4.18. The summed E-state index contributed by atoms with van der Waals surface area (Å²) in [6.45, 7) is 6.31. The highest BCUT2D eigenvalue weighted by Gasteiger charge is 2.17. The predicted octanol–water partition coefficient (Wildman–Crippen LogP) is 2.06. The van der Waals surface area contributed by atoms with Crippen molar-refractivity contribution in [1.29, 1.82) is 0 Å². The van der Waals surface area contributed by atoms with E-state index < -0.39 is 0 Å². The van der Waals surface area contributed by atoms with Gasteiger partial charge in [0.05, 0.1) is 6.61 Å². The van der Waals surface area contributed by atoms with Crippen LogP contribution in [0.4, 0.5) is 0 Å². The Morgan fingerprint density at radius 3 is 2.44 bits per heavy atom. The van der Waals surface area contributed by atoms with Crippen molar-refractivity contribution in [3.8, 4) is 0 Å². The van der Waals surface area contributed by atoms with Crippen molar-refractivity contribution in [3.05, 3.63) is 12.7 Å². The smallest absolute Gasteiger partial charge is 0.0561 e. The lowest BCUT2D eigenvalue weighted by Gasteiger charge is -2.20. The lowest BCUT2D eigenvalue weighted by atomic mass is 9.95. The molecule has 9 heavy (non-hydrogen) atoms. The van der Waals surface area contributed by atoms with Crippen molar-refractivity contribution in [2.75, 3.05) is 19.6 Å². The summed E-state index contributed by atoms with van der Waals surface area (Å²) in [5.41, 5.74) is -0.0592. The minimum Gasteiger partial charge on any atom is -0.384 e. The number of hydrogen-bond donors (Lipinski definition) is 0. The Bertz CT molecular complexity index is 92.9. The first-order valence-electron chi connectivity index (χ1n) is 2.87. The summed E-state index contributed by atoms with van der Waals surface area (Å²) in [7, 11) is 1.66. The summed E-state index contributed by atoms with van der Waals surface area (Å²) in [6, 6.07) is 0. The Hall–Kier alpha value is -0.0100. The van der Waals surface area contributed by atoms with Crippen LogP contribution in [0.25, 0.3) is 0 Å². The van der Waals surface area contributed by atoms with Gasteiger partial charge in [0, 0.05) is 18.4 Å². The molecule has 0 rings (SSSR count). The van der Waals surface area contributed by atoms with Gasteiger partial charge >= 0.3 is 0 Å². The summed E-state index contributed by atoms with van der Waals surface area (Å²) >= 11 is 5.64. The quantitative estimate of drug-likeness (QED) is 0.438. The Labute approximate surface area is 61.7 Å². The third kappa shape index (κ3) is 2.87. The van der Waals surface area contributed by atoms with Gasteiger partial charge in [-0.2, -0.15) is 0 Å². The van der Waals surface area contributed by atoms with Crippen molar-refractivity contribution in [3.63, 3.8) is 0 Å². The molecule has 0 aromatic heterocycles. The van der Waals surface area contributed by atoms with Crippen LogP contribution in [-0.4, -0.2) is 19.6 Å². The molecular weight excluding hydrogens is 136 g/mol. The van der Waals surface area contributed by atoms with Gasteiger partial charge in [0.1, 0.15) is 0 Å². The van der Waals surface area contributed by atoms with E-state index in [1.165, 1.54) is 0 Å². The molecule has 0 aromatic rings. The first-order valence-corrected chi connectivity index (χ1v) is 3.40. The Morgan fingerprint density at radius 2 is 2.33 bits per heavy atom. The van der Waals surface area contributed by atoms with E-state index in [0.29, 0.717) is 12.5 Å². The van der Waals surface area contributed by atoms with Crippen LogP contribution >= 0.6 is 11.6 Å². The normalized spacial score (nSPS) is 16.8. The van der Waals surface area contributed by atoms with Crippen LogP contribution in [0.3, 0.4) is 0 Å². The maximum atomic E-state index is 5.64. The van der Waals surface area contributed by atoms with Gasteiger partial charge in [-0.1, -0.05) is 13.0 Å². The second-order valence-electron chi connectivity index (χ2n) is 2.42. The second-order valence-corrected chi connectivity index (χ2v) is 2.69. The SMILES string of the molecule is C=CC(C)(CCl)COC. The summed E-state index contributed by atoms with van der Waals surface area (Å²) in [6.07, 6.45) is 1.82. The number of ether oxygens (including phenoxy) is 1. The zero-order chi connectivity index (χ0) is 7.33. The minimum atomic E-state index is -0.0592. The van der Waals surface area contributed by atoms with Crippen molar-refractivity contribution in [1.82, 2.24) is 0 Å². The van der Waals surface area contributed by atoms with Gasteiger partial charge in [0.25, 0.3) is 0 Å². The summed E-state index contributed by atoms with van der Waals surface area (Å²) < 4.78 is 4.93. The minimum absolute atomic E-state index is 0.0592. The van der Waals surface area contributed by atoms with Crippen molar-refractivity contribution < 1.29 is 4.74 Å². The fourth-order valence-electron chi connectivity index (χ4n) is 0.482. The van der Waals surface area contributed by atoms with E-state index in [1.54, 1.807) is 7.11 Å². The van der Waals surface area contributed by atoms with E-state index in [-0.39, 0.29) is 5.41 Å². The molecule has 0 fully saturated rings. The summed E-state index contributed by atoms with van der Waals surface area (Å²) in [5.74, 6) is 0.560. The molecule has 0 heterocycles. The van der Waals surface area contributed by atoms with Crippen LogP contribution in [0.5, 0.6) is 0 Å². The topological polar surface area (TPSA) is 9.23 Å². The lowest BCUT2D eigenvalue weighted by molar-refractivity contribution is 0.134. The van der Waals surface area contributed by atoms with E-state index in [0.717, 1.165) is 0 Å². The maximum absolute atomic E-state index is 5.64. The first kappa shape index (κ1) is 8.99. The average molecular weight is 149 g/mol. The number of halogens is 1. The fourth-order valence-corrected chi connectivity index (χ4v) is 0.668. The molecule has 0 aromatic carbocycles. The molecular formula is C7H13ClO. The average Bonchev–Trinajstić information content (AvgIpc) is 1.89. The highest BCUT2D eigenvalue weighted by atomic mass is 35.5. The molecule has 0 aliphatic heterocycles. The third-order valence-electron chi connectivity index (χ3n) is 1.27. The van der Waals surface area contributed by atoms with Crippen molar-refractivity contribution in [2.45, 2.75) is 6.92 Å². The van der Waals surface area contributed by atoms with Crippen LogP contribution in [0, 0.1) is 5.41 Å². The van der Waals surface area contributed by atoms with Crippen LogP contribution in [0.1, 0.15) is 6.92 Å². The van der Waals surface area contributed by atoms with Crippen molar-refractivity contribution in [2.24, 2.45) is 5.41 Å². The predicted molar refractivity (Wildman–Crippen MR) is 40.9 cm³/mol. The molecule has 0 aliphatic rings. The molecule has 1 nitrogen and oxygen atoms in total. The zero-order valence-corrected chi connectivity index (χ0v) is 6.74. The third-order valence-corrected chi connectivity index (χ3v) is 1.88. The molecule has 2 heteroatoms.